The maximum Gasteiger partial charge on any atom is 0.306 e. The number of carbonyl (C=O) groups is 1. The van der Waals surface area contributed by atoms with Crippen LogP contribution in [0.5, 0.6) is 0 Å². The lowest BCUT2D eigenvalue weighted by Gasteiger charge is -2.11. The molecule has 0 spiro atoms. The van der Waals surface area contributed by atoms with Gasteiger partial charge in [0, 0.05) is 9.72 Å². The third-order valence-corrected chi connectivity index (χ3v) is 4.74. The van der Waals surface area contributed by atoms with Gasteiger partial charge in [0.15, 0.2) is 0 Å². The van der Waals surface area contributed by atoms with Crippen molar-refractivity contribution in [1.29, 1.82) is 0 Å². The second kappa shape index (κ2) is 6.15. The van der Waals surface area contributed by atoms with Crippen LogP contribution in [-0.2, 0) is 20.3 Å². The van der Waals surface area contributed by atoms with Crippen molar-refractivity contribution in [3.8, 4) is 0 Å². The van der Waals surface area contributed by atoms with Gasteiger partial charge in [0.25, 0.3) is 0 Å². The van der Waals surface area contributed by atoms with Crippen molar-refractivity contribution in [3.05, 3.63) is 28.7 Å². The average molecular weight is 305 g/mol. The van der Waals surface area contributed by atoms with E-state index in [-0.39, 0.29) is 17.6 Å². The van der Waals surface area contributed by atoms with E-state index >= 15 is 0 Å². The third-order valence-electron chi connectivity index (χ3n) is 2.10. The number of hydrogen-bond donors (Lipinski definition) is 0. The summed E-state index contributed by atoms with van der Waals surface area (Å²) in [4.78, 5) is 11.8. The second-order valence-corrected chi connectivity index (χ2v) is 6.01. The number of rotatable bonds is 4. The van der Waals surface area contributed by atoms with Gasteiger partial charge in [0.05, 0.1) is 29.2 Å². The molecule has 2 atom stereocenters. The van der Waals surface area contributed by atoms with E-state index in [4.69, 9.17) is 0 Å². The molecule has 0 N–H and O–H groups in total. The van der Waals surface area contributed by atoms with Gasteiger partial charge in [-0.15, -0.1) is 0 Å². The second-order valence-electron chi connectivity index (χ2n) is 3.32. The van der Waals surface area contributed by atoms with Gasteiger partial charge in [-0.3, -0.25) is 9.00 Å². The van der Waals surface area contributed by atoms with Crippen LogP contribution in [0.1, 0.15) is 13.3 Å². The van der Waals surface area contributed by atoms with E-state index in [1.807, 2.05) is 18.2 Å². The fraction of sp³-hybridized carbons (Fsp3) is 0.364. The van der Waals surface area contributed by atoms with E-state index in [1.54, 1.807) is 13.0 Å². The van der Waals surface area contributed by atoms with E-state index in [0.717, 1.165) is 4.47 Å². The Kier molecular flexibility index (Phi) is 5.15. The maximum atomic E-state index is 12.1. The molecule has 0 saturated heterocycles. The van der Waals surface area contributed by atoms with Gasteiger partial charge in [-0.2, -0.15) is 0 Å². The number of ether oxygens (including phenoxy) is 1. The topological polar surface area (TPSA) is 43.4 Å². The van der Waals surface area contributed by atoms with E-state index in [9.17, 15) is 9.00 Å². The highest BCUT2D eigenvalue weighted by Crippen LogP contribution is 2.23. The van der Waals surface area contributed by atoms with Crippen LogP contribution < -0.4 is 0 Å². The van der Waals surface area contributed by atoms with Crippen molar-refractivity contribution >= 4 is 32.7 Å². The van der Waals surface area contributed by atoms with Crippen LogP contribution >= 0.6 is 15.9 Å². The molecule has 0 saturated carbocycles. The Balaban J connectivity index is 2.79. The highest BCUT2D eigenvalue weighted by molar-refractivity contribution is 9.10. The lowest BCUT2D eigenvalue weighted by Crippen LogP contribution is -2.17. The Labute approximate surface area is 106 Å². The van der Waals surface area contributed by atoms with Gasteiger partial charge >= 0.3 is 5.97 Å². The molecule has 0 amide bonds. The van der Waals surface area contributed by atoms with E-state index in [2.05, 4.69) is 20.7 Å². The van der Waals surface area contributed by atoms with Crippen LogP contribution in [0.2, 0.25) is 0 Å². The van der Waals surface area contributed by atoms with Gasteiger partial charge in [-0.25, -0.2) is 0 Å². The van der Waals surface area contributed by atoms with Crippen LogP contribution in [0, 0.1) is 0 Å². The first-order valence-electron chi connectivity index (χ1n) is 4.78. The zero-order valence-electron chi connectivity index (χ0n) is 9.10. The number of esters is 1. The molecule has 0 fully saturated rings. The molecule has 1 rings (SSSR count). The maximum absolute atomic E-state index is 12.1. The molecule has 0 aromatic heterocycles. The minimum atomic E-state index is -1.21. The Morgan fingerprint density at radius 1 is 1.50 bits per heavy atom. The summed E-state index contributed by atoms with van der Waals surface area (Å²) in [5.41, 5.74) is 0. The van der Waals surface area contributed by atoms with E-state index in [1.165, 1.54) is 7.11 Å². The number of benzene rings is 1. The van der Waals surface area contributed by atoms with Crippen LogP contribution in [-0.4, -0.2) is 22.5 Å². The number of hydrogen-bond acceptors (Lipinski definition) is 3. The lowest BCUT2D eigenvalue weighted by atomic mass is 10.3. The van der Waals surface area contributed by atoms with Crippen LogP contribution in [0.4, 0.5) is 0 Å². The van der Waals surface area contributed by atoms with Crippen molar-refractivity contribution < 1.29 is 13.7 Å². The summed E-state index contributed by atoms with van der Waals surface area (Å²) < 4.78 is 17.4. The Hall–Kier alpha value is -0.680. The summed E-state index contributed by atoms with van der Waals surface area (Å²) in [5.74, 6) is -0.340. The first-order chi connectivity index (χ1) is 7.56. The molecule has 0 aliphatic carbocycles. The van der Waals surface area contributed by atoms with Crippen molar-refractivity contribution in [2.45, 2.75) is 23.5 Å². The fourth-order valence-corrected chi connectivity index (χ4v) is 3.18. The molecule has 3 nitrogen and oxygen atoms in total. The summed E-state index contributed by atoms with van der Waals surface area (Å²) in [7, 11) is 0.120. The first kappa shape index (κ1) is 13.4. The number of halogens is 1. The van der Waals surface area contributed by atoms with Gasteiger partial charge in [0.2, 0.25) is 0 Å². The van der Waals surface area contributed by atoms with E-state index in [0.29, 0.717) is 4.90 Å². The highest BCUT2D eigenvalue weighted by Gasteiger charge is 2.19. The number of carbonyl (C=O) groups excluding carboxylic acids is 1. The summed E-state index contributed by atoms with van der Waals surface area (Å²) in [6.07, 6.45) is 0.157. The molecule has 0 heterocycles. The molecular formula is C11H13BrO3S. The molecular weight excluding hydrogens is 292 g/mol. The Morgan fingerprint density at radius 3 is 2.69 bits per heavy atom. The molecule has 0 aliphatic heterocycles. The predicted molar refractivity (Wildman–Crippen MR) is 66.6 cm³/mol. The largest absolute Gasteiger partial charge is 0.469 e. The summed E-state index contributed by atoms with van der Waals surface area (Å²) >= 11 is 3.34. The standard InChI is InChI=1S/C11H13BrO3S/c1-8(7-11(13)15-2)16(14)10-6-4-3-5-9(10)12/h3-6,8H,7H2,1-2H3. The van der Waals surface area contributed by atoms with Gasteiger partial charge < -0.3 is 4.74 Å². The van der Waals surface area contributed by atoms with Crippen LogP contribution in [0.15, 0.2) is 33.6 Å². The van der Waals surface area contributed by atoms with Gasteiger partial charge in [-0.1, -0.05) is 12.1 Å². The van der Waals surface area contributed by atoms with Crippen molar-refractivity contribution in [3.63, 3.8) is 0 Å². The quantitative estimate of drug-likeness (QED) is 0.803. The third kappa shape index (κ3) is 3.42. The normalized spacial score (nSPS) is 14.2. The molecule has 2 unspecified atom stereocenters. The minimum Gasteiger partial charge on any atom is -0.469 e. The minimum absolute atomic E-state index is 0.157. The predicted octanol–water partition coefficient (Wildman–Crippen LogP) is 2.51. The molecule has 0 aliphatic rings. The van der Waals surface area contributed by atoms with Gasteiger partial charge in [0.1, 0.15) is 0 Å². The fourth-order valence-electron chi connectivity index (χ4n) is 1.22. The molecule has 16 heavy (non-hydrogen) atoms. The van der Waals surface area contributed by atoms with Gasteiger partial charge in [-0.05, 0) is 35.0 Å². The zero-order chi connectivity index (χ0) is 12.1. The summed E-state index contributed by atoms with van der Waals surface area (Å²) in [6, 6.07) is 7.30. The smallest absolute Gasteiger partial charge is 0.306 e. The first-order valence-corrected chi connectivity index (χ1v) is 6.78. The summed E-state index contributed by atoms with van der Waals surface area (Å²) in [5, 5.41) is -0.258. The SMILES string of the molecule is COC(=O)CC(C)S(=O)c1ccccc1Br. The molecule has 1 aromatic carbocycles. The van der Waals surface area contributed by atoms with Crippen molar-refractivity contribution in [2.75, 3.05) is 7.11 Å². The Morgan fingerprint density at radius 2 is 2.12 bits per heavy atom. The lowest BCUT2D eigenvalue weighted by molar-refractivity contribution is -0.140. The monoisotopic (exact) mass is 304 g/mol. The Bertz CT molecular complexity index is 406. The molecule has 0 radical (unpaired) electrons. The van der Waals surface area contributed by atoms with E-state index < -0.39 is 10.8 Å². The van der Waals surface area contributed by atoms with Crippen LogP contribution in [0.25, 0.3) is 0 Å². The molecule has 0 bridgehead atoms. The highest BCUT2D eigenvalue weighted by atomic mass is 79.9. The molecule has 5 heteroatoms. The molecule has 88 valence electrons. The summed E-state index contributed by atoms with van der Waals surface area (Å²) in [6.45, 7) is 1.77. The van der Waals surface area contributed by atoms with Crippen LogP contribution in [0.3, 0.4) is 0 Å². The average Bonchev–Trinajstić information content (AvgIpc) is 2.28. The van der Waals surface area contributed by atoms with Crippen molar-refractivity contribution in [2.24, 2.45) is 0 Å². The molecule has 1 aromatic rings. The van der Waals surface area contributed by atoms with Crippen molar-refractivity contribution in [1.82, 2.24) is 0 Å². The number of methoxy groups -OCH3 is 1. The zero-order valence-corrected chi connectivity index (χ0v) is 11.5.